The largest absolute Gasteiger partial charge is 0.370 e. The van der Waals surface area contributed by atoms with Gasteiger partial charge in [-0.25, -0.2) is 9.97 Å². The topological polar surface area (TPSA) is 92.9 Å². The van der Waals surface area contributed by atoms with Crippen LogP contribution in [0.2, 0.25) is 0 Å². The van der Waals surface area contributed by atoms with Crippen molar-refractivity contribution >= 4 is 17.5 Å². The van der Waals surface area contributed by atoms with Crippen molar-refractivity contribution in [1.82, 2.24) is 9.97 Å². The second kappa shape index (κ2) is 7.56. The number of aromatic nitrogens is 2. The van der Waals surface area contributed by atoms with Crippen molar-refractivity contribution in [1.29, 1.82) is 0 Å². The molecule has 19 heavy (non-hydrogen) atoms. The molecule has 0 bridgehead atoms. The zero-order chi connectivity index (χ0) is 14.3. The van der Waals surface area contributed by atoms with Crippen LogP contribution >= 0.6 is 0 Å². The third kappa shape index (κ3) is 5.54. The first kappa shape index (κ1) is 15.2. The standard InChI is InChI=1S/C13H23N5O/c1-4-6-15-11-8-12(16-7-5-10(14)19)18-13(17-11)9(2)3/h8-9H,4-7H2,1-3H3,(H2,14,19)(H2,15,16,17,18). The highest BCUT2D eigenvalue weighted by Crippen LogP contribution is 2.17. The average Bonchev–Trinajstić information content (AvgIpc) is 2.35. The predicted molar refractivity (Wildman–Crippen MR) is 77.2 cm³/mol. The van der Waals surface area contributed by atoms with Gasteiger partial charge >= 0.3 is 0 Å². The van der Waals surface area contributed by atoms with E-state index in [1.807, 2.05) is 19.9 Å². The SMILES string of the molecule is CCCNc1cc(NCCC(N)=O)nc(C(C)C)n1. The molecule has 0 atom stereocenters. The molecule has 106 valence electrons. The van der Waals surface area contributed by atoms with Gasteiger partial charge in [-0.05, 0) is 6.42 Å². The number of nitrogens with zero attached hydrogens (tertiary/aromatic N) is 2. The molecule has 0 aliphatic rings. The Kier molecular flexibility index (Phi) is 6.05. The molecular weight excluding hydrogens is 242 g/mol. The number of carbonyl (C=O) groups is 1. The van der Waals surface area contributed by atoms with E-state index in [0.29, 0.717) is 13.0 Å². The van der Waals surface area contributed by atoms with E-state index in [1.54, 1.807) is 0 Å². The Morgan fingerprint density at radius 2 is 1.84 bits per heavy atom. The summed E-state index contributed by atoms with van der Waals surface area (Å²) in [5.41, 5.74) is 5.11. The number of carbonyl (C=O) groups excluding carboxylic acids is 1. The zero-order valence-corrected chi connectivity index (χ0v) is 11.9. The Hall–Kier alpha value is -1.85. The van der Waals surface area contributed by atoms with Crippen molar-refractivity contribution in [2.24, 2.45) is 5.73 Å². The normalized spacial score (nSPS) is 10.5. The molecule has 0 saturated heterocycles. The maximum atomic E-state index is 10.7. The number of amides is 1. The molecule has 0 aliphatic carbocycles. The lowest BCUT2D eigenvalue weighted by Gasteiger charge is -2.12. The number of hydrogen-bond donors (Lipinski definition) is 3. The summed E-state index contributed by atoms with van der Waals surface area (Å²) in [6.07, 6.45) is 1.32. The van der Waals surface area contributed by atoms with Gasteiger partial charge in [-0.15, -0.1) is 0 Å². The van der Waals surface area contributed by atoms with Gasteiger partial charge in [0.05, 0.1) is 0 Å². The minimum atomic E-state index is -0.324. The van der Waals surface area contributed by atoms with Gasteiger partial charge in [-0.2, -0.15) is 0 Å². The molecule has 1 amide bonds. The fraction of sp³-hybridized carbons (Fsp3) is 0.615. The lowest BCUT2D eigenvalue weighted by molar-refractivity contribution is -0.117. The molecule has 4 N–H and O–H groups in total. The Balaban J connectivity index is 2.77. The van der Waals surface area contributed by atoms with Gasteiger partial charge in [-0.3, -0.25) is 4.79 Å². The van der Waals surface area contributed by atoms with Gasteiger partial charge in [0.2, 0.25) is 5.91 Å². The molecule has 1 aromatic heterocycles. The fourth-order valence-corrected chi connectivity index (χ4v) is 1.47. The van der Waals surface area contributed by atoms with Crippen LogP contribution < -0.4 is 16.4 Å². The molecule has 1 rings (SSSR count). The number of anilines is 2. The van der Waals surface area contributed by atoms with E-state index in [-0.39, 0.29) is 11.8 Å². The summed E-state index contributed by atoms with van der Waals surface area (Å²) in [6.45, 7) is 7.55. The molecule has 0 aliphatic heterocycles. The van der Waals surface area contributed by atoms with Gasteiger partial charge in [0.25, 0.3) is 0 Å². The van der Waals surface area contributed by atoms with Crippen molar-refractivity contribution in [2.75, 3.05) is 23.7 Å². The van der Waals surface area contributed by atoms with Crippen molar-refractivity contribution in [3.63, 3.8) is 0 Å². The first-order valence-corrected chi connectivity index (χ1v) is 6.68. The molecular formula is C13H23N5O. The fourth-order valence-electron chi connectivity index (χ4n) is 1.47. The second-order valence-electron chi connectivity index (χ2n) is 4.72. The van der Waals surface area contributed by atoms with E-state index in [9.17, 15) is 4.79 Å². The summed E-state index contributed by atoms with van der Waals surface area (Å²) >= 11 is 0. The summed E-state index contributed by atoms with van der Waals surface area (Å²) in [5.74, 6) is 2.23. The average molecular weight is 265 g/mol. The Morgan fingerprint density at radius 3 is 2.32 bits per heavy atom. The van der Waals surface area contributed by atoms with Crippen LogP contribution in [0.5, 0.6) is 0 Å². The highest BCUT2D eigenvalue weighted by molar-refractivity contribution is 5.74. The van der Waals surface area contributed by atoms with Gasteiger partial charge in [0.15, 0.2) is 0 Å². The van der Waals surface area contributed by atoms with Crippen LogP contribution in [0.15, 0.2) is 6.07 Å². The number of nitrogens with one attached hydrogen (secondary N) is 2. The third-order valence-corrected chi connectivity index (χ3v) is 2.49. The van der Waals surface area contributed by atoms with Crippen molar-refractivity contribution in [3.8, 4) is 0 Å². The van der Waals surface area contributed by atoms with Crippen LogP contribution in [-0.2, 0) is 4.79 Å². The quantitative estimate of drug-likeness (QED) is 0.665. The van der Waals surface area contributed by atoms with Crippen LogP contribution in [0.3, 0.4) is 0 Å². The van der Waals surface area contributed by atoms with E-state index in [0.717, 1.165) is 30.4 Å². The minimum Gasteiger partial charge on any atom is -0.370 e. The van der Waals surface area contributed by atoms with Crippen LogP contribution in [0, 0.1) is 0 Å². The summed E-state index contributed by atoms with van der Waals surface area (Å²) in [7, 11) is 0. The van der Waals surface area contributed by atoms with Crippen molar-refractivity contribution in [3.05, 3.63) is 11.9 Å². The van der Waals surface area contributed by atoms with Gasteiger partial charge in [0.1, 0.15) is 17.5 Å². The molecule has 1 heterocycles. The Labute approximate surface area is 114 Å². The predicted octanol–water partition coefficient (Wildman–Crippen LogP) is 1.71. The summed E-state index contributed by atoms with van der Waals surface area (Å²) < 4.78 is 0. The third-order valence-electron chi connectivity index (χ3n) is 2.49. The van der Waals surface area contributed by atoms with E-state index >= 15 is 0 Å². The number of nitrogens with two attached hydrogens (primary N) is 1. The van der Waals surface area contributed by atoms with Crippen LogP contribution in [0.4, 0.5) is 11.6 Å². The Bertz CT molecular complexity index is 419. The van der Waals surface area contributed by atoms with Crippen molar-refractivity contribution < 1.29 is 4.79 Å². The summed E-state index contributed by atoms with van der Waals surface area (Å²) in [4.78, 5) is 19.6. The number of rotatable bonds is 8. The molecule has 0 unspecified atom stereocenters. The summed E-state index contributed by atoms with van der Waals surface area (Å²) in [5, 5.41) is 6.34. The number of hydrogen-bond acceptors (Lipinski definition) is 5. The maximum absolute atomic E-state index is 10.7. The number of primary amides is 1. The van der Waals surface area contributed by atoms with E-state index in [2.05, 4.69) is 27.5 Å². The first-order valence-electron chi connectivity index (χ1n) is 6.68. The minimum absolute atomic E-state index is 0.250. The molecule has 0 aromatic carbocycles. The van der Waals surface area contributed by atoms with Gasteiger partial charge in [-0.1, -0.05) is 20.8 Å². The monoisotopic (exact) mass is 265 g/mol. The lowest BCUT2D eigenvalue weighted by atomic mass is 10.2. The maximum Gasteiger partial charge on any atom is 0.219 e. The zero-order valence-electron chi connectivity index (χ0n) is 11.9. The molecule has 1 aromatic rings. The molecule has 0 spiro atoms. The summed E-state index contributed by atoms with van der Waals surface area (Å²) in [6, 6.07) is 1.85. The highest BCUT2D eigenvalue weighted by atomic mass is 16.1. The molecule has 6 heteroatoms. The van der Waals surface area contributed by atoms with Crippen LogP contribution in [0.25, 0.3) is 0 Å². The smallest absolute Gasteiger partial charge is 0.219 e. The highest BCUT2D eigenvalue weighted by Gasteiger charge is 2.08. The van der Waals surface area contributed by atoms with Crippen LogP contribution in [0.1, 0.15) is 45.4 Å². The molecule has 0 saturated carbocycles. The van der Waals surface area contributed by atoms with Gasteiger partial charge in [0, 0.05) is 31.5 Å². The van der Waals surface area contributed by atoms with Crippen LogP contribution in [-0.4, -0.2) is 29.0 Å². The molecule has 0 radical (unpaired) electrons. The molecule has 6 nitrogen and oxygen atoms in total. The second-order valence-corrected chi connectivity index (χ2v) is 4.72. The van der Waals surface area contributed by atoms with Gasteiger partial charge < -0.3 is 16.4 Å². The van der Waals surface area contributed by atoms with E-state index < -0.39 is 0 Å². The van der Waals surface area contributed by atoms with E-state index in [4.69, 9.17) is 5.73 Å². The van der Waals surface area contributed by atoms with E-state index in [1.165, 1.54) is 0 Å². The molecule has 0 fully saturated rings. The Morgan fingerprint density at radius 1 is 1.26 bits per heavy atom. The lowest BCUT2D eigenvalue weighted by Crippen LogP contribution is -2.17. The van der Waals surface area contributed by atoms with Crippen molar-refractivity contribution in [2.45, 2.75) is 39.5 Å². The first-order chi connectivity index (χ1) is 9.02.